The zero-order valence-corrected chi connectivity index (χ0v) is 27.4. The SMILES string of the molecule is C=CC1=C(C)N(C(=C)C(C)C)/C(=C\C(C)CC)C2(CCC(Oc3ccc(F)cc3F)CC2)N1.C=CCCC.OSS. The largest absolute Gasteiger partial charge is 0.487 e. The first-order valence-corrected chi connectivity index (χ1v) is 16.3. The highest BCUT2D eigenvalue weighted by Gasteiger charge is 2.45. The number of nitrogens with zero attached hydrogens (tertiary/aromatic N) is 1. The maximum Gasteiger partial charge on any atom is 0.167 e. The highest BCUT2D eigenvalue weighted by Crippen LogP contribution is 2.45. The molecular weight excluding hydrogens is 559 g/mol. The molecule has 1 heterocycles. The molecule has 1 aliphatic heterocycles. The first-order chi connectivity index (χ1) is 19.4. The van der Waals surface area contributed by atoms with Crippen LogP contribution in [0.15, 0.2) is 79.0 Å². The van der Waals surface area contributed by atoms with E-state index in [1.165, 1.54) is 24.3 Å². The van der Waals surface area contributed by atoms with Crippen LogP contribution in [0.25, 0.3) is 0 Å². The summed E-state index contributed by atoms with van der Waals surface area (Å²) < 4.78 is 40.7. The lowest BCUT2D eigenvalue weighted by molar-refractivity contribution is 0.102. The Morgan fingerprint density at radius 3 is 2.29 bits per heavy atom. The van der Waals surface area contributed by atoms with Crippen LogP contribution >= 0.6 is 22.7 Å². The van der Waals surface area contributed by atoms with Crippen molar-refractivity contribution in [3.05, 3.63) is 90.6 Å². The summed E-state index contributed by atoms with van der Waals surface area (Å²) in [6, 6.07) is 3.48. The van der Waals surface area contributed by atoms with Crippen LogP contribution in [0.1, 0.15) is 86.5 Å². The fourth-order valence-corrected chi connectivity index (χ4v) is 4.91. The Labute approximate surface area is 256 Å². The summed E-state index contributed by atoms with van der Waals surface area (Å²) in [4.78, 5) is 2.32. The van der Waals surface area contributed by atoms with Crippen molar-refractivity contribution in [1.29, 1.82) is 0 Å². The molecule has 0 bridgehead atoms. The van der Waals surface area contributed by atoms with Crippen molar-refractivity contribution in [2.45, 2.75) is 98.1 Å². The molecule has 2 aliphatic rings. The Hall–Kier alpha value is -2.16. The van der Waals surface area contributed by atoms with Gasteiger partial charge in [-0.15, -0.1) is 6.58 Å². The summed E-state index contributed by atoms with van der Waals surface area (Å²) in [5.74, 6) is -0.431. The van der Waals surface area contributed by atoms with Gasteiger partial charge in [-0.05, 0) is 69.1 Å². The predicted molar refractivity (Wildman–Crippen MR) is 176 cm³/mol. The van der Waals surface area contributed by atoms with Gasteiger partial charge in [-0.3, -0.25) is 0 Å². The number of thiol groups is 1. The summed E-state index contributed by atoms with van der Waals surface area (Å²) >= 11 is 3.71. The van der Waals surface area contributed by atoms with E-state index in [9.17, 15) is 8.78 Å². The lowest BCUT2D eigenvalue weighted by Gasteiger charge is -2.52. The molecule has 4 nitrogen and oxygen atoms in total. The highest BCUT2D eigenvalue weighted by molar-refractivity contribution is 8.66. The summed E-state index contributed by atoms with van der Waals surface area (Å²) in [5, 5.41) is 3.81. The van der Waals surface area contributed by atoms with E-state index in [-0.39, 0.29) is 17.4 Å². The second-order valence-electron chi connectivity index (χ2n) is 10.9. The summed E-state index contributed by atoms with van der Waals surface area (Å²) in [6.07, 6.45) is 12.7. The smallest absolute Gasteiger partial charge is 0.167 e. The van der Waals surface area contributed by atoms with Crippen LogP contribution in [-0.2, 0) is 0 Å². The molecule has 1 spiro atoms. The quantitative estimate of drug-likeness (QED) is 0.113. The Balaban J connectivity index is 0.000000930. The van der Waals surface area contributed by atoms with E-state index < -0.39 is 11.6 Å². The van der Waals surface area contributed by atoms with E-state index in [1.54, 1.807) is 0 Å². The summed E-state index contributed by atoms with van der Waals surface area (Å²) in [7, 11) is 0. The lowest BCUT2D eigenvalue weighted by Crippen LogP contribution is -2.57. The number of hydrogen-bond acceptors (Lipinski definition) is 6. The van der Waals surface area contributed by atoms with Crippen molar-refractivity contribution >= 4 is 22.7 Å². The summed E-state index contributed by atoms with van der Waals surface area (Å²) in [5.41, 5.74) is 4.16. The van der Waals surface area contributed by atoms with Gasteiger partial charge in [0.05, 0.1) is 28.4 Å². The van der Waals surface area contributed by atoms with E-state index in [0.29, 0.717) is 22.9 Å². The van der Waals surface area contributed by atoms with Gasteiger partial charge in [0.2, 0.25) is 0 Å². The van der Waals surface area contributed by atoms with Gasteiger partial charge >= 0.3 is 0 Å². The fraction of sp³-hybridized carbons (Fsp3) is 0.515. The van der Waals surface area contributed by atoms with Crippen LogP contribution in [0, 0.1) is 23.5 Å². The van der Waals surface area contributed by atoms with Gasteiger partial charge in [0, 0.05) is 23.2 Å². The van der Waals surface area contributed by atoms with Gasteiger partial charge in [0.25, 0.3) is 0 Å². The zero-order valence-electron chi connectivity index (χ0n) is 25.7. The Morgan fingerprint density at radius 2 is 1.85 bits per heavy atom. The second-order valence-corrected chi connectivity index (χ2v) is 11.5. The molecule has 0 radical (unpaired) electrons. The number of rotatable bonds is 9. The molecule has 1 fully saturated rings. The first kappa shape index (κ1) is 36.9. The molecule has 0 aromatic heterocycles. The molecule has 1 aromatic rings. The van der Waals surface area contributed by atoms with E-state index in [1.807, 2.05) is 12.2 Å². The number of nitrogens with one attached hydrogen (secondary N) is 1. The predicted octanol–water partition coefficient (Wildman–Crippen LogP) is 10.5. The van der Waals surface area contributed by atoms with Crippen LogP contribution in [0.2, 0.25) is 0 Å². The fourth-order valence-electron chi connectivity index (χ4n) is 4.91. The Bertz CT molecular complexity index is 1060. The maximum absolute atomic E-state index is 14.1. The normalized spacial score (nSPS) is 21.8. The third-order valence-corrected chi connectivity index (χ3v) is 7.54. The molecule has 0 saturated heterocycles. The number of hydrogen-bond donors (Lipinski definition) is 3. The molecule has 41 heavy (non-hydrogen) atoms. The standard InChI is InChI=1S/C28H38F2N2O.C5H10.H2OS2/c1-8-19(5)16-27-28(31-25(9-2)21(7)32(27)20(6)18(3)4)14-12-23(13-15-28)33-26-11-10-22(29)17-24(26)30;1-3-5-4-2;1-3-2/h9-11,16-19,23,31H,2,6,8,12-15H2,1,3-5,7H3;3H,1,4-5H2,2H3;1-2H/b27-16-;;. The molecule has 1 aliphatic carbocycles. The van der Waals surface area contributed by atoms with Crippen LogP contribution in [0.3, 0.4) is 0 Å². The van der Waals surface area contributed by atoms with Gasteiger partial charge in [0.1, 0.15) is 5.82 Å². The molecule has 230 valence electrons. The summed E-state index contributed by atoms with van der Waals surface area (Å²) in [6.45, 7) is 25.1. The number of ether oxygens (including phenoxy) is 1. The van der Waals surface area contributed by atoms with Crippen molar-refractivity contribution in [1.82, 2.24) is 10.2 Å². The minimum absolute atomic E-state index is 0.113. The highest BCUT2D eigenvalue weighted by atomic mass is 33.1. The Morgan fingerprint density at radius 1 is 1.24 bits per heavy atom. The monoisotopic (exact) mass is 608 g/mol. The van der Waals surface area contributed by atoms with Crippen molar-refractivity contribution in [3.8, 4) is 5.75 Å². The van der Waals surface area contributed by atoms with E-state index in [0.717, 1.165) is 61.7 Å². The van der Waals surface area contributed by atoms with Crippen LogP contribution in [0.4, 0.5) is 8.78 Å². The number of benzene rings is 1. The Kier molecular flexibility index (Phi) is 16.5. The van der Waals surface area contributed by atoms with E-state index in [2.05, 4.69) is 89.2 Å². The molecule has 1 aromatic carbocycles. The maximum atomic E-state index is 14.1. The minimum atomic E-state index is -0.657. The zero-order chi connectivity index (χ0) is 31.2. The minimum Gasteiger partial charge on any atom is -0.487 e. The molecule has 1 atom stereocenters. The van der Waals surface area contributed by atoms with Gasteiger partial charge < -0.3 is 19.5 Å². The van der Waals surface area contributed by atoms with E-state index in [4.69, 9.17) is 9.29 Å². The van der Waals surface area contributed by atoms with Gasteiger partial charge in [-0.2, -0.15) is 0 Å². The van der Waals surface area contributed by atoms with Crippen molar-refractivity contribution in [3.63, 3.8) is 0 Å². The average molecular weight is 609 g/mol. The van der Waals surface area contributed by atoms with E-state index >= 15 is 0 Å². The number of unbranched alkanes of at least 4 members (excludes halogenated alkanes) is 1. The molecular formula is C33H50F2N2O2S2. The molecule has 1 saturated carbocycles. The molecule has 8 heteroatoms. The van der Waals surface area contributed by atoms with Crippen LogP contribution in [0.5, 0.6) is 5.75 Å². The number of halogens is 2. The third kappa shape index (κ3) is 10.6. The third-order valence-electron chi connectivity index (χ3n) is 7.54. The lowest BCUT2D eigenvalue weighted by atomic mass is 9.74. The van der Waals surface area contributed by atoms with Crippen molar-refractivity contribution in [2.24, 2.45) is 11.8 Å². The first-order valence-electron chi connectivity index (χ1n) is 14.4. The van der Waals surface area contributed by atoms with Crippen LogP contribution in [-0.4, -0.2) is 21.1 Å². The molecule has 0 amide bonds. The average Bonchev–Trinajstić information content (AvgIpc) is 2.94. The van der Waals surface area contributed by atoms with Gasteiger partial charge in [-0.1, -0.05) is 84.4 Å². The molecule has 3 rings (SSSR count). The van der Waals surface area contributed by atoms with Gasteiger partial charge in [0.15, 0.2) is 11.6 Å². The van der Waals surface area contributed by atoms with Gasteiger partial charge in [-0.25, -0.2) is 8.78 Å². The van der Waals surface area contributed by atoms with Crippen molar-refractivity contribution in [2.75, 3.05) is 0 Å². The van der Waals surface area contributed by atoms with Crippen LogP contribution < -0.4 is 10.1 Å². The number of allylic oxidation sites excluding steroid dienone is 5. The molecule has 2 N–H and O–H groups in total. The topological polar surface area (TPSA) is 44.7 Å². The van der Waals surface area contributed by atoms with Crippen molar-refractivity contribution < 1.29 is 18.1 Å². The molecule has 1 unspecified atom stereocenters. The second kappa shape index (κ2) is 18.4.